The Morgan fingerprint density at radius 2 is 2.00 bits per heavy atom. The van der Waals surface area contributed by atoms with Crippen LogP contribution in [0, 0.1) is 17.8 Å². The Bertz CT molecular complexity index is 1550. The molecular formula is C33H41ClN2O7S. The monoisotopic (exact) mass is 644 g/mol. The number of aromatic carboxylic acids is 1. The van der Waals surface area contributed by atoms with E-state index in [9.17, 15) is 28.5 Å². The predicted octanol–water partition coefficient (Wildman–Crippen LogP) is 4.27. The first-order valence-corrected chi connectivity index (χ1v) is 17.5. The largest absolute Gasteiger partial charge is 0.490 e. The van der Waals surface area contributed by atoms with Gasteiger partial charge in [0.25, 0.3) is 0 Å². The average Bonchev–Trinajstić information content (AvgIpc) is 3.26. The molecule has 0 radical (unpaired) electrons. The van der Waals surface area contributed by atoms with Crippen molar-refractivity contribution in [3.63, 3.8) is 0 Å². The first-order valence-electron chi connectivity index (χ1n) is 15.5. The molecular weight excluding hydrogens is 604 g/mol. The number of carbonyl (C=O) groups is 1. The van der Waals surface area contributed by atoms with Gasteiger partial charge in [0.05, 0.1) is 35.3 Å². The zero-order chi connectivity index (χ0) is 31.2. The van der Waals surface area contributed by atoms with Crippen LogP contribution in [-0.2, 0) is 21.9 Å². The van der Waals surface area contributed by atoms with Gasteiger partial charge in [-0.2, -0.15) is 0 Å². The van der Waals surface area contributed by atoms with Crippen molar-refractivity contribution in [2.45, 2.75) is 74.2 Å². The van der Waals surface area contributed by atoms with Gasteiger partial charge in [-0.05, 0) is 111 Å². The van der Waals surface area contributed by atoms with E-state index < -0.39 is 33.5 Å². The van der Waals surface area contributed by atoms with Gasteiger partial charge >= 0.3 is 5.97 Å². The first-order chi connectivity index (χ1) is 20.9. The molecule has 7 atom stereocenters. The van der Waals surface area contributed by atoms with E-state index in [1.807, 2.05) is 18.2 Å². The number of carboxylic acids is 1. The molecule has 2 aromatic rings. The Labute approximate surface area is 263 Å². The molecule has 9 nitrogen and oxygen atoms in total. The van der Waals surface area contributed by atoms with Crippen molar-refractivity contribution in [2.24, 2.45) is 22.9 Å². The zero-order valence-electron chi connectivity index (χ0n) is 24.6. The highest BCUT2D eigenvalue weighted by Crippen LogP contribution is 2.47. The summed E-state index contributed by atoms with van der Waals surface area (Å²) in [6.45, 7) is 1.78. The molecule has 0 aromatic heterocycles. The molecule has 0 saturated heterocycles. The van der Waals surface area contributed by atoms with Crippen LogP contribution in [0.2, 0.25) is 5.02 Å². The van der Waals surface area contributed by atoms with Crippen LogP contribution in [0.1, 0.15) is 66.4 Å². The number of halogens is 1. The lowest BCUT2D eigenvalue weighted by atomic mass is 9.68. The molecule has 1 heterocycles. The minimum atomic E-state index is -3.75. The molecule has 11 heteroatoms. The van der Waals surface area contributed by atoms with Crippen molar-refractivity contribution in [1.29, 1.82) is 0 Å². The van der Waals surface area contributed by atoms with Crippen LogP contribution in [0.15, 0.2) is 48.6 Å². The highest BCUT2D eigenvalue weighted by atomic mass is 35.5. The van der Waals surface area contributed by atoms with E-state index in [4.69, 9.17) is 21.5 Å². The maximum atomic E-state index is 12.0. The third-order valence-corrected chi connectivity index (χ3v) is 12.1. The van der Waals surface area contributed by atoms with Crippen molar-refractivity contribution in [1.82, 2.24) is 0 Å². The number of anilines is 1. The van der Waals surface area contributed by atoms with Crippen LogP contribution in [0.25, 0.3) is 0 Å². The fourth-order valence-electron chi connectivity index (χ4n) is 8.05. The van der Waals surface area contributed by atoms with Gasteiger partial charge in [-0.3, -0.25) is 0 Å². The highest BCUT2D eigenvalue weighted by molar-refractivity contribution is 7.89. The number of hydrogen-bond acceptors (Lipinski definition) is 7. The maximum absolute atomic E-state index is 12.0. The number of fused-ring (bicyclic) bond motifs is 3. The molecule has 44 heavy (non-hydrogen) atoms. The van der Waals surface area contributed by atoms with E-state index in [0.717, 1.165) is 37.8 Å². The quantitative estimate of drug-likeness (QED) is 0.311. The van der Waals surface area contributed by atoms with E-state index in [1.54, 1.807) is 24.3 Å². The summed E-state index contributed by atoms with van der Waals surface area (Å²) in [4.78, 5) is 14.2. The molecule has 1 aliphatic heterocycles. The van der Waals surface area contributed by atoms with E-state index in [0.29, 0.717) is 43.3 Å². The summed E-state index contributed by atoms with van der Waals surface area (Å²) in [5, 5.41) is 36.3. The number of rotatable bonds is 8. The second kappa shape index (κ2) is 12.3. The summed E-state index contributed by atoms with van der Waals surface area (Å²) >= 11 is 6.36. The lowest BCUT2D eigenvalue weighted by Crippen LogP contribution is -2.49. The van der Waals surface area contributed by atoms with Gasteiger partial charge in [0.1, 0.15) is 5.75 Å². The van der Waals surface area contributed by atoms with Crippen LogP contribution in [0.5, 0.6) is 5.75 Å². The molecule has 2 saturated carbocycles. The fraction of sp³-hybridized carbons (Fsp3) is 0.545. The second-order valence-electron chi connectivity index (χ2n) is 13.3. The topological polar surface area (TPSA) is 150 Å². The number of ether oxygens (including phenoxy) is 1. The lowest BCUT2D eigenvalue weighted by molar-refractivity contribution is 0.0455. The molecule has 1 spiro atoms. The number of aliphatic hydroxyl groups is 2. The summed E-state index contributed by atoms with van der Waals surface area (Å²) in [6, 6.07) is 11.1. The van der Waals surface area contributed by atoms with E-state index in [2.05, 4.69) is 11.0 Å². The molecule has 4 aliphatic rings. The third kappa shape index (κ3) is 6.24. The predicted molar refractivity (Wildman–Crippen MR) is 169 cm³/mol. The van der Waals surface area contributed by atoms with Gasteiger partial charge in [-0.15, -0.1) is 0 Å². The maximum Gasteiger partial charge on any atom is 0.335 e. The van der Waals surface area contributed by atoms with Gasteiger partial charge < -0.3 is 25.0 Å². The molecule has 6 rings (SSSR count). The molecule has 238 valence electrons. The van der Waals surface area contributed by atoms with Crippen molar-refractivity contribution in [3.05, 3.63) is 70.3 Å². The number of nitrogens with two attached hydrogens (primary N) is 1. The summed E-state index contributed by atoms with van der Waals surface area (Å²) in [7, 11) is -3.75. The van der Waals surface area contributed by atoms with Gasteiger partial charge in [0, 0.05) is 23.5 Å². The minimum Gasteiger partial charge on any atom is -0.490 e. The Morgan fingerprint density at radius 3 is 2.73 bits per heavy atom. The number of hydrogen-bond donors (Lipinski definition) is 4. The fourth-order valence-corrected chi connectivity index (χ4v) is 9.49. The number of nitrogens with zero attached hydrogens (tertiary/aromatic N) is 1. The van der Waals surface area contributed by atoms with E-state index in [-0.39, 0.29) is 35.2 Å². The highest BCUT2D eigenvalue weighted by Gasteiger charge is 2.44. The van der Waals surface area contributed by atoms with Crippen molar-refractivity contribution < 1.29 is 33.3 Å². The second-order valence-corrected chi connectivity index (χ2v) is 15.5. The number of primary sulfonamides is 1. The molecule has 2 fully saturated rings. The van der Waals surface area contributed by atoms with Crippen LogP contribution < -0.4 is 14.8 Å². The smallest absolute Gasteiger partial charge is 0.335 e. The van der Waals surface area contributed by atoms with E-state index >= 15 is 0 Å². The Kier molecular flexibility index (Phi) is 8.75. The van der Waals surface area contributed by atoms with Gasteiger partial charge in [0.15, 0.2) is 0 Å². The zero-order valence-corrected chi connectivity index (χ0v) is 26.2. The number of benzene rings is 2. The minimum absolute atomic E-state index is 0.0122. The third-order valence-electron chi connectivity index (χ3n) is 10.5. The van der Waals surface area contributed by atoms with Gasteiger partial charge in [-0.25, -0.2) is 18.4 Å². The molecule has 3 aliphatic carbocycles. The molecule has 1 unspecified atom stereocenters. The summed E-state index contributed by atoms with van der Waals surface area (Å²) in [5.41, 5.74) is 3.13. The van der Waals surface area contributed by atoms with Crippen molar-refractivity contribution in [3.8, 4) is 5.75 Å². The number of aryl methyl sites for hydroxylation is 1. The number of sulfonamides is 1. The van der Waals surface area contributed by atoms with Crippen LogP contribution in [-0.4, -0.2) is 66.9 Å². The molecule has 0 amide bonds. The summed E-state index contributed by atoms with van der Waals surface area (Å²) in [5.74, 6) is -0.427. The van der Waals surface area contributed by atoms with Crippen molar-refractivity contribution >= 4 is 33.3 Å². The lowest BCUT2D eigenvalue weighted by Gasteiger charge is -2.45. The van der Waals surface area contributed by atoms with E-state index in [1.165, 1.54) is 11.1 Å². The molecule has 2 aromatic carbocycles. The molecule has 0 bridgehead atoms. The van der Waals surface area contributed by atoms with Crippen molar-refractivity contribution in [2.75, 3.05) is 24.6 Å². The number of aliphatic hydroxyl groups excluding tert-OH is 2. The molecule has 5 N–H and O–H groups in total. The number of carboxylic acid groups (broad SMARTS) is 1. The Hall–Kier alpha value is -2.63. The van der Waals surface area contributed by atoms with Gasteiger partial charge in [0.2, 0.25) is 10.0 Å². The standard InChI is InChI=1S/C33H41ClN2O7S/c34-24-8-10-27-20(13-24)4-2-12-33(27)18-36(28-15-22(32(39)40)7-11-30(28)43-19-33)17-23-6-9-26(23)29(38)5-1-3-21-14-25(37)16-31(21)44(35,41)42/h1,5,7-8,10-11,13,15,21,23,25-26,29,31,37-38H,2-4,6,9,12,14,16-19H2,(H,39,40)(H2,35,41,42)/b5-1+/t21-,23-,25-,26+,29?,31-,33-/m0/s1. The van der Waals surface area contributed by atoms with Crippen LogP contribution in [0.3, 0.4) is 0 Å². The average molecular weight is 645 g/mol. The van der Waals surface area contributed by atoms with Crippen LogP contribution in [0.4, 0.5) is 5.69 Å². The normalized spacial score (nSPS) is 30.7. The Balaban J connectivity index is 1.22. The van der Waals surface area contributed by atoms with Gasteiger partial charge in [-0.1, -0.05) is 29.8 Å². The summed E-state index contributed by atoms with van der Waals surface area (Å²) in [6.07, 6.45) is 7.83. The summed E-state index contributed by atoms with van der Waals surface area (Å²) < 4.78 is 30.4. The van der Waals surface area contributed by atoms with Crippen LogP contribution >= 0.6 is 11.6 Å². The first kappa shape index (κ1) is 31.4. The Morgan fingerprint density at radius 1 is 1.18 bits per heavy atom. The SMILES string of the molecule is NS(=O)(=O)[C@H]1C[C@@H](O)C[C@@H]1C/C=C/C(O)[C@@H]1CC[C@H]1CN1C[C@@]2(CCCc3cc(Cl)ccc32)COc2ccc(C(=O)O)cc21. The number of allylic oxidation sites excluding steroid dienone is 1.